The number of benzene rings is 8. The number of aryl methyl sites for hydroxylation is 4. The highest BCUT2D eigenvalue weighted by atomic mass is 16.5. The molecule has 7 nitrogen and oxygen atoms in total. The minimum absolute atomic E-state index is 0.277. The first-order chi connectivity index (χ1) is 34.0. The van der Waals surface area contributed by atoms with Crippen LogP contribution >= 0.6 is 0 Å². The summed E-state index contributed by atoms with van der Waals surface area (Å²) in [6.45, 7) is 16.9. The molecule has 7 heteroatoms. The van der Waals surface area contributed by atoms with Crippen LogP contribution in [0, 0.1) is 27.7 Å². The maximum atomic E-state index is 6.60. The lowest BCUT2D eigenvalue weighted by molar-refractivity contribution is 0.223. The molecule has 1 atom stereocenters. The largest absolute Gasteiger partial charge is 0.489 e. The van der Waals surface area contributed by atoms with E-state index >= 15 is 0 Å². The Morgan fingerprint density at radius 3 is 0.971 bits per heavy atom. The summed E-state index contributed by atoms with van der Waals surface area (Å²) in [6.07, 6.45) is -0.311. The fourth-order valence-corrected chi connectivity index (χ4v) is 7.66. The Kier molecular flexibility index (Phi) is 16.4. The van der Waals surface area contributed by atoms with Gasteiger partial charge in [-0.1, -0.05) is 157 Å². The molecule has 8 aromatic rings. The highest BCUT2D eigenvalue weighted by molar-refractivity contribution is 5.46. The molecular weight excluding hydrogens is 869 g/mol. The topological polar surface area (TPSA) is 64.6 Å². The maximum Gasteiger partial charge on any atom is 0.162 e. The summed E-state index contributed by atoms with van der Waals surface area (Å²) in [5.74, 6) is 5.11. The fourth-order valence-electron chi connectivity index (χ4n) is 7.66. The SMILES string of the molecule is Cc1ccc(COc2ccc(COc3cc(OCc4ccc(OCc5ccc(C)cc5)c(OCc5ccc(C)cc5)c4)cc(C(C)Oc4ccc(C(C)C)cc4)c3)cc2OCc2ccc(C)cc2)cc1. The minimum Gasteiger partial charge on any atom is -0.489 e. The normalized spacial score (nSPS) is 11.5. The molecule has 0 aliphatic rings. The van der Waals surface area contributed by atoms with E-state index in [1.807, 2.05) is 73.7 Å². The van der Waals surface area contributed by atoms with Gasteiger partial charge in [-0.25, -0.2) is 0 Å². The van der Waals surface area contributed by atoms with Crippen LogP contribution in [0.3, 0.4) is 0 Å². The average molecular weight is 933 g/mol. The Labute approximate surface area is 414 Å². The van der Waals surface area contributed by atoms with Crippen molar-refractivity contribution in [2.24, 2.45) is 0 Å². The van der Waals surface area contributed by atoms with Crippen molar-refractivity contribution in [1.29, 1.82) is 0 Å². The molecule has 358 valence electrons. The van der Waals surface area contributed by atoms with Crippen molar-refractivity contribution < 1.29 is 33.2 Å². The van der Waals surface area contributed by atoms with Crippen LogP contribution < -0.4 is 33.2 Å². The van der Waals surface area contributed by atoms with E-state index in [4.69, 9.17) is 33.2 Å². The molecule has 70 heavy (non-hydrogen) atoms. The van der Waals surface area contributed by atoms with Gasteiger partial charge >= 0.3 is 0 Å². The minimum atomic E-state index is -0.311. The quantitative estimate of drug-likeness (QED) is 0.0671. The lowest BCUT2D eigenvalue weighted by Crippen LogP contribution is -2.06. The van der Waals surface area contributed by atoms with Crippen LogP contribution in [0.4, 0.5) is 0 Å². The van der Waals surface area contributed by atoms with Gasteiger partial charge in [0.25, 0.3) is 0 Å². The molecule has 0 radical (unpaired) electrons. The number of ether oxygens (including phenoxy) is 7. The monoisotopic (exact) mass is 932 g/mol. The Balaban J connectivity index is 1.02. The average Bonchev–Trinajstić information content (AvgIpc) is 3.37. The Bertz CT molecular complexity index is 2740. The van der Waals surface area contributed by atoms with Crippen molar-refractivity contribution in [3.05, 3.63) is 243 Å². The van der Waals surface area contributed by atoms with Crippen LogP contribution in [0.15, 0.2) is 176 Å². The van der Waals surface area contributed by atoms with Crippen molar-refractivity contribution in [2.45, 2.75) is 100 Å². The molecule has 0 amide bonds. The van der Waals surface area contributed by atoms with Gasteiger partial charge in [0, 0.05) is 6.07 Å². The van der Waals surface area contributed by atoms with Crippen LogP contribution in [-0.2, 0) is 39.6 Å². The van der Waals surface area contributed by atoms with Gasteiger partial charge in [0.05, 0.1) is 0 Å². The van der Waals surface area contributed by atoms with E-state index in [-0.39, 0.29) is 19.3 Å². The highest BCUT2D eigenvalue weighted by Crippen LogP contribution is 2.35. The summed E-state index contributed by atoms with van der Waals surface area (Å²) >= 11 is 0. The maximum absolute atomic E-state index is 6.60. The molecule has 8 rings (SSSR count). The summed E-state index contributed by atoms with van der Waals surface area (Å²) in [4.78, 5) is 0. The van der Waals surface area contributed by atoms with Crippen molar-refractivity contribution in [3.63, 3.8) is 0 Å². The molecule has 0 N–H and O–H groups in total. The molecule has 0 heterocycles. The van der Waals surface area contributed by atoms with Gasteiger partial charge in [0.1, 0.15) is 63.0 Å². The second-order valence-electron chi connectivity index (χ2n) is 18.5. The number of hydrogen-bond acceptors (Lipinski definition) is 7. The summed E-state index contributed by atoms with van der Waals surface area (Å²) in [5, 5.41) is 0. The van der Waals surface area contributed by atoms with Gasteiger partial charge in [-0.2, -0.15) is 0 Å². The second-order valence-corrected chi connectivity index (χ2v) is 18.5. The third-order valence-corrected chi connectivity index (χ3v) is 12.1. The van der Waals surface area contributed by atoms with Crippen molar-refractivity contribution >= 4 is 0 Å². The Morgan fingerprint density at radius 1 is 0.286 bits per heavy atom. The van der Waals surface area contributed by atoms with E-state index in [1.165, 1.54) is 27.8 Å². The number of rotatable bonds is 22. The summed E-state index contributed by atoms with van der Waals surface area (Å²) in [6, 6.07) is 59.7. The smallest absolute Gasteiger partial charge is 0.162 e. The molecule has 0 aromatic heterocycles. The predicted octanol–water partition coefficient (Wildman–Crippen LogP) is 15.7. The van der Waals surface area contributed by atoms with E-state index in [0.29, 0.717) is 66.8 Å². The van der Waals surface area contributed by atoms with Gasteiger partial charge in [0.2, 0.25) is 0 Å². The van der Waals surface area contributed by atoms with E-state index in [2.05, 4.69) is 151 Å². The molecule has 0 saturated carbocycles. The van der Waals surface area contributed by atoms with E-state index in [0.717, 1.165) is 44.7 Å². The van der Waals surface area contributed by atoms with Gasteiger partial charge < -0.3 is 33.2 Å². The van der Waals surface area contributed by atoms with Crippen molar-refractivity contribution in [2.75, 3.05) is 0 Å². The summed E-state index contributed by atoms with van der Waals surface area (Å²) in [7, 11) is 0. The molecule has 0 spiro atoms. The van der Waals surface area contributed by atoms with Crippen LogP contribution in [0.25, 0.3) is 0 Å². The molecule has 0 saturated heterocycles. The van der Waals surface area contributed by atoms with Crippen LogP contribution in [0.1, 0.15) is 99.6 Å². The molecule has 0 fully saturated rings. The molecule has 1 unspecified atom stereocenters. The van der Waals surface area contributed by atoms with Gasteiger partial charge in [-0.05, 0) is 134 Å². The first kappa shape index (κ1) is 48.8. The fraction of sp³-hybridized carbons (Fsp3) is 0.238. The van der Waals surface area contributed by atoms with Gasteiger partial charge in [-0.3, -0.25) is 0 Å². The molecule has 0 bridgehead atoms. The van der Waals surface area contributed by atoms with Gasteiger partial charge in [-0.15, -0.1) is 0 Å². The Hall–Kier alpha value is -7.64. The molecule has 0 aliphatic carbocycles. The second kappa shape index (κ2) is 23.6. The van der Waals surface area contributed by atoms with Crippen LogP contribution in [0.5, 0.6) is 40.2 Å². The lowest BCUT2D eigenvalue weighted by atomic mass is 10.0. The molecule has 8 aromatic carbocycles. The third-order valence-electron chi connectivity index (χ3n) is 12.1. The van der Waals surface area contributed by atoms with Crippen molar-refractivity contribution in [3.8, 4) is 40.2 Å². The molecular formula is C63H64O7. The highest BCUT2D eigenvalue weighted by Gasteiger charge is 2.16. The van der Waals surface area contributed by atoms with Crippen LogP contribution in [0.2, 0.25) is 0 Å². The number of hydrogen-bond donors (Lipinski definition) is 0. The van der Waals surface area contributed by atoms with E-state index < -0.39 is 0 Å². The zero-order chi connectivity index (χ0) is 48.8. The third kappa shape index (κ3) is 14.2. The summed E-state index contributed by atoms with van der Waals surface area (Å²) < 4.78 is 45.3. The van der Waals surface area contributed by atoms with Crippen LogP contribution in [-0.4, -0.2) is 0 Å². The van der Waals surface area contributed by atoms with E-state index in [1.54, 1.807) is 0 Å². The predicted molar refractivity (Wildman–Crippen MR) is 280 cm³/mol. The standard InChI is InChI=1S/C63H64O7/c1-43(2)55-26-28-57(29-27-55)70-48(7)56-34-58(64-41-53-24-30-60(66-37-49-16-8-44(3)9-17-49)62(32-53)68-39-51-20-12-46(5)13-21-51)36-59(35-56)65-42-54-25-31-61(67-38-50-18-10-45(4)11-19-50)63(33-54)69-40-52-22-14-47(6)15-23-52/h8-36,43,48H,37-42H2,1-7H3. The summed E-state index contributed by atoms with van der Waals surface area (Å²) in [5.41, 5.74) is 13.1. The Morgan fingerprint density at radius 2 is 0.614 bits per heavy atom. The first-order valence-corrected chi connectivity index (χ1v) is 24.1. The van der Waals surface area contributed by atoms with Gasteiger partial charge in [0.15, 0.2) is 23.0 Å². The van der Waals surface area contributed by atoms with Crippen molar-refractivity contribution in [1.82, 2.24) is 0 Å². The first-order valence-electron chi connectivity index (χ1n) is 24.1. The van der Waals surface area contributed by atoms with E-state index in [9.17, 15) is 0 Å². The molecule has 0 aliphatic heterocycles. The lowest BCUT2D eigenvalue weighted by Gasteiger charge is -2.19. The zero-order valence-corrected chi connectivity index (χ0v) is 41.5. The zero-order valence-electron chi connectivity index (χ0n) is 41.5.